The number of aliphatic hydroxyl groups excluding tert-OH is 1. The zero-order valence-electron chi connectivity index (χ0n) is 12.6. The molecule has 0 saturated carbocycles. The molecule has 1 atom stereocenters. The van der Waals surface area contributed by atoms with Gasteiger partial charge in [0.1, 0.15) is 5.75 Å². The number of rotatable bonds is 8. The van der Waals surface area contributed by atoms with Gasteiger partial charge in [0.05, 0.1) is 13.2 Å². The minimum atomic E-state index is -0.472. The van der Waals surface area contributed by atoms with Crippen LogP contribution in [0.15, 0.2) is 24.3 Å². The fourth-order valence-corrected chi connectivity index (χ4v) is 1.79. The third-order valence-corrected chi connectivity index (χ3v) is 3.31. The average Bonchev–Trinajstić information content (AvgIpc) is 2.45. The Balaban J connectivity index is 2.21. The number of ether oxygens (including phenoxy) is 1. The quantitative estimate of drug-likeness (QED) is 0.766. The minimum absolute atomic E-state index is 0.00166. The molecule has 0 heterocycles. The lowest BCUT2D eigenvalue weighted by Crippen LogP contribution is -2.34. The van der Waals surface area contributed by atoms with E-state index in [2.05, 4.69) is 5.32 Å². The van der Waals surface area contributed by atoms with Crippen molar-refractivity contribution in [1.29, 1.82) is 0 Å². The molecule has 1 rings (SSSR count). The lowest BCUT2D eigenvalue weighted by Gasteiger charge is -2.14. The molecule has 1 amide bonds. The van der Waals surface area contributed by atoms with E-state index in [-0.39, 0.29) is 11.8 Å². The zero-order valence-corrected chi connectivity index (χ0v) is 12.6. The van der Waals surface area contributed by atoms with Crippen molar-refractivity contribution in [1.82, 2.24) is 5.32 Å². The van der Waals surface area contributed by atoms with Gasteiger partial charge in [-0.1, -0.05) is 26.0 Å². The van der Waals surface area contributed by atoms with Crippen LogP contribution in [0.5, 0.6) is 5.75 Å². The highest BCUT2D eigenvalue weighted by Gasteiger charge is 2.10. The SMILES string of the molecule is COc1ccc(CCCC(=O)NCC(O)C(C)C)cc1. The van der Waals surface area contributed by atoms with Crippen molar-refractivity contribution in [2.24, 2.45) is 5.92 Å². The topological polar surface area (TPSA) is 58.6 Å². The predicted molar refractivity (Wildman–Crippen MR) is 79.8 cm³/mol. The maximum Gasteiger partial charge on any atom is 0.220 e. The monoisotopic (exact) mass is 279 g/mol. The summed E-state index contributed by atoms with van der Waals surface area (Å²) in [5, 5.41) is 12.4. The van der Waals surface area contributed by atoms with E-state index in [1.807, 2.05) is 38.1 Å². The number of amides is 1. The smallest absolute Gasteiger partial charge is 0.220 e. The van der Waals surface area contributed by atoms with Crippen molar-refractivity contribution < 1.29 is 14.6 Å². The summed E-state index contributed by atoms with van der Waals surface area (Å²) in [7, 11) is 1.64. The van der Waals surface area contributed by atoms with Gasteiger partial charge >= 0.3 is 0 Å². The van der Waals surface area contributed by atoms with E-state index in [0.717, 1.165) is 18.6 Å². The molecule has 1 aromatic carbocycles. The van der Waals surface area contributed by atoms with Crippen LogP contribution in [0, 0.1) is 5.92 Å². The molecule has 4 nitrogen and oxygen atoms in total. The van der Waals surface area contributed by atoms with Gasteiger partial charge in [0.25, 0.3) is 0 Å². The van der Waals surface area contributed by atoms with Crippen LogP contribution in [-0.2, 0) is 11.2 Å². The summed E-state index contributed by atoms with van der Waals surface area (Å²) in [6.07, 6.45) is 1.68. The van der Waals surface area contributed by atoms with E-state index >= 15 is 0 Å². The second-order valence-corrected chi connectivity index (χ2v) is 5.32. The highest BCUT2D eigenvalue weighted by molar-refractivity contribution is 5.75. The Morgan fingerprint density at radius 3 is 2.50 bits per heavy atom. The number of methoxy groups -OCH3 is 1. The summed E-state index contributed by atoms with van der Waals surface area (Å²) in [6.45, 7) is 4.19. The van der Waals surface area contributed by atoms with Gasteiger partial charge in [-0.2, -0.15) is 0 Å². The van der Waals surface area contributed by atoms with Crippen molar-refractivity contribution in [3.8, 4) is 5.75 Å². The fourth-order valence-electron chi connectivity index (χ4n) is 1.79. The summed E-state index contributed by atoms with van der Waals surface area (Å²) in [6, 6.07) is 7.88. The molecular weight excluding hydrogens is 254 g/mol. The van der Waals surface area contributed by atoms with Crippen LogP contribution in [0.4, 0.5) is 0 Å². The highest BCUT2D eigenvalue weighted by atomic mass is 16.5. The molecular formula is C16H25NO3. The first-order valence-electron chi connectivity index (χ1n) is 7.10. The normalized spacial score (nSPS) is 12.2. The van der Waals surface area contributed by atoms with E-state index in [1.165, 1.54) is 5.56 Å². The molecule has 0 radical (unpaired) electrons. The first kappa shape index (κ1) is 16.5. The van der Waals surface area contributed by atoms with Crippen molar-refractivity contribution >= 4 is 5.91 Å². The molecule has 0 aliphatic rings. The fraction of sp³-hybridized carbons (Fsp3) is 0.562. The van der Waals surface area contributed by atoms with Gasteiger partial charge in [-0.25, -0.2) is 0 Å². The molecule has 0 bridgehead atoms. The lowest BCUT2D eigenvalue weighted by atomic mass is 10.1. The summed E-state index contributed by atoms with van der Waals surface area (Å²) < 4.78 is 5.10. The van der Waals surface area contributed by atoms with Crippen LogP contribution in [0.2, 0.25) is 0 Å². The zero-order chi connectivity index (χ0) is 15.0. The number of carbonyl (C=O) groups is 1. The Kier molecular flexibility index (Phi) is 7.09. The lowest BCUT2D eigenvalue weighted by molar-refractivity contribution is -0.121. The Morgan fingerprint density at radius 1 is 1.30 bits per heavy atom. The molecule has 20 heavy (non-hydrogen) atoms. The standard InChI is InChI=1S/C16H25NO3/c1-12(2)15(18)11-17-16(19)6-4-5-13-7-9-14(20-3)10-8-13/h7-10,12,15,18H,4-6,11H2,1-3H3,(H,17,19). The molecule has 0 aromatic heterocycles. The number of benzene rings is 1. The van der Waals surface area contributed by atoms with Crippen molar-refractivity contribution in [3.63, 3.8) is 0 Å². The van der Waals surface area contributed by atoms with Crippen LogP contribution in [0.25, 0.3) is 0 Å². The first-order valence-corrected chi connectivity index (χ1v) is 7.10. The van der Waals surface area contributed by atoms with Crippen LogP contribution >= 0.6 is 0 Å². The molecule has 4 heteroatoms. The molecule has 0 aliphatic heterocycles. The number of aliphatic hydroxyl groups is 1. The molecule has 1 aromatic rings. The van der Waals surface area contributed by atoms with Gasteiger partial charge in [0.2, 0.25) is 5.91 Å². The number of aryl methyl sites for hydroxylation is 1. The number of carbonyl (C=O) groups excluding carboxylic acids is 1. The van der Waals surface area contributed by atoms with Gasteiger partial charge in [-0.15, -0.1) is 0 Å². The van der Waals surface area contributed by atoms with E-state index in [4.69, 9.17) is 4.74 Å². The molecule has 0 spiro atoms. The minimum Gasteiger partial charge on any atom is -0.497 e. The van der Waals surface area contributed by atoms with E-state index in [0.29, 0.717) is 13.0 Å². The Hall–Kier alpha value is -1.55. The molecule has 0 fully saturated rings. The van der Waals surface area contributed by atoms with Crippen molar-refractivity contribution in [3.05, 3.63) is 29.8 Å². The van der Waals surface area contributed by atoms with Gasteiger partial charge < -0.3 is 15.2 Å². The Morgan fingerprint density at radius 2 is 1.95 bits per heavy atom. The summed E-state index contributed by atoms with van der Waals surface area (Å²) >= 11 is 0. The van der Waals surface area contributed by atoms with Crippen molar-refractivity contribution in [2.75, 3.05) is 13.7 Å². The van der Waals surface area contributed by atoms with Gasteiger partial charge in [0, 0.05) is 13.0 Å². The summed E-state index contributed by atoms with van der Waals surface area (Å²) in [5.41, 5.74) is 1.20. The number of nitrogens with one attached hydrogen (secondary N) is 1. The Labute approximate surface area is 121 Å². The highest BCUT2D eigenvalue weighted by Crippen LogP contribution is 2.13. The van der Waals surface area contributed by atoms with Crippen molar-refractivity contribution in [2.45, 2.75) is 39.2 Å². The molecule has 0 aliphatic carbocycles. The second-order valence-electron chi connectivity index (χ2n) is 5.32. The van der Waals surface area contributed by atoms with E-state index in [1.54, 1.807) is 7.11 Å². The van der Waals surface area contributed by atoms with E-state index < -0.39 is 6.10 Å². The third-order valence-electron chi connectivity index (χ3n) is 3.31. The van der Waals surface area contributed by atoms with Crippen LogP contribution in [0.3, 0.4) is 0 Å². The maximum atomic E-state index is 11.6. The molecule has 112 valence electrons. The predicted octanol–water partition coefficient (Wildman–Crippen LogP) is 2.15. The van der Waals surface area contributed by atoms with Gasteiger partial charge in [-0.05, 0) is 36.5 Å². The maximum absolute atomic E-state index is 11.6. The van der Waals surface area contributed by atoms with Crippen LogP contribution in [-0.4, -0.2) is 30.8 Å². The summed E-state index contributed by atoms with van der Waals surface area (Å²) in [4.78, 5) is 11.6. The number of hydrogen-bond acceptors (Lipinski definition) is 3. The molecule has 1 unspecified atom stereocenters. The molecule has 0 saturated heterocycles. The first-order chi connectivity index (χ1) is 9.52. The van der Waals surface area contributed by atoms with Gasteiger partial charge in [0.15, 0.2) is 0 Å². The third kappa shape index (κ3) is 6.06. The second kappa shape index (κ2) is 8.59. The largest absolute Gasteiger partial charge is 0.497 e. The molecule has 2 N–H and O–H groups in total. The van der Waals surface area contributed by atoms with Crippen LogP contribution in [0.1, 0.15) is 32.3 Å². The average molecular weight is 279 g/mol. The van der Waals surface area contributed by atoms with E-state index in [9.17, 15) is 9.90 Å². The van der Waals surface area contributed by atoms with Crippen LogP contribution < -0.4 is 10.1 Å². The Bertz CT molecular complexity index is 401. The summed E-state index contributed by atoms with van der Waals surface area (Å²) in [5.74, 6) is 1.00. The number of hydrogen-bond donors (Lipinski definition) is 2. The van der Waals surface area contributed by atoms with Gasteiger partial charge in [-0.3, -0.25) is 4.79 Å².